The zero-order valence-electron chi connectivity index (χ0n) is 17.0. The summed E-state index contributed by atoms with van der Waals surface area (Å²) in [6, 6.07) is 13.7. The third-order valence-electron chi connectivity index (χ3n) is 5.07. The summed E-state index contributed by atoms with van der Waals surface area (Å²) < 4.78 is 35.1. The van der Waals surface area contributed by atoms with Gasteiger partial charge >= 0.3 is 6.61 Å². The predicted molar refractivity (Wildman–Crippen MR) is 114 cm³/mol. The Balaban J connectivity index is 1.54. The minimum atomic E-state index is -2.96. The first-order chi connectivity index (χ1) is 15.5. The molecule has 1 aliphatic rings. The minimum absolute atomic E-state index is 0.0220. The molecular formula is C23H20F2N4O3. The quantitative estimate of drug-likeness (QED) is 0.566. The van der Waals surface area contributed by atoms with Gasteiger partial charge in [-0.2, -0.15) is 14.0 Å². The highest BCUT2D eigenvalue weighted by molar-refractivity contribution is 5.95. The number of carbonyl (C=O) groups excluding carboxylic acids is 1. The van der Waals surface area contributed by atoms with Gasteiger partial charge in [-0.1, -0.05) is 12.1 Å². The third kappa shape index (κ3) is 4.92. The number of nitrogens with one attached hydrogen (secondary N) is 2. The van der Waals surface area contributed by atoms with Crippen molar-refractivity contribution in [3.05, 3.63) is 59.8 Å². The van der Waals surface area contributed by atoms with Crippen molar-refractivity contribution in [2.24, 2.45) is 0 Å². The van der Waals surface area contributed by atoms with E-state index >= 15 is 0 Å². The summed E-state index contributed by atoms with van der Waals surface area (Å²) in [5, 5.41) is 16.0. The highest BCUT2D eigenvalue weighted by atomic mass is 19.3. The number of nitriles is 1. The molecule has 3 aromatic rings. The summed E-state index contributed by atoms with van der Waals surface area (Å²) in [4.78, 5) is 16.5. The molecule has 1 fully saturated rings. The molecule has 0 aliphatic carbocycles. The molecule has 1 aliphatic heterocycles. The monoisotopic (exact) mass is 438 g/mol. The van der Waals surface area contributed by atoms with E-state index in [4.69, 9.17) is 4.74 Å². The number of rotatable bonds is 7. The number of carbonyl (C=O) groups is 1. The molecule has 1 aromatic heterocycles. The van der Waals surface area contributed by atoms with Crippen molar-refractivity contribution >= 4 is 28.2 Å². The van der Waals surface area contributed by atoms with Gasteiger partial charge < -0.3 is 20.1 Å². The molecule has 0 saturated carbocycles. The molecule has 7 nitrogen and oxygen atoms in total. The van der Waals surface area contributed by atoms with E-state index in [1.807, 2.05) is 18.2 Å². The Kier molecular flexibility index (Phi) is 6.42. The summed E-state index contributed by atoms with van der Waals surface area (Å²) in [5.74, 6) is -0.197. The first kappa shape index (κ1) is 21.5. The summed E-state index contributed by atoms with van der Waals surface area (Å²) in [7, 11) is 0. The predicted octanol–water partition coefficient (Wildman–Crippen LogP) is 4.44. The number of hydrogen-bond donors (Lipinski definition) is 2. The van der Waals surface area contributed by atoms with Gasteiger partial charge in [0.25, 0.3) is 5.91 Å². The van der Waals surface area contributed by atoms with Gasteiger partial charge in [0.15, 0.2) is 0 Å². The number of halogens is 2. The van der Waals surface area contributed by atoms with Gasteiger partial charge in [-0.05, 0) is 48.7 Å². The molecule has 0 bridgehead atoms. The van der Waals surface area contributed by atoms with Gasteiger partial charge in [0, 0.05) is 30.4 Å². The molecule has 2 aromatic carbocycles. The second-order valence-corrected chi connectivity index (χ2v) is 7.26. The fourth-order valence-electron chi connectivity index (χ4n) is 3.58. The molecular weight excluding hydrogens is 418 g/mol. The highest BCUT2D eigenvalue weighted by Crippen LogP contribution is 2.30. The van der Waals surface area contributed by atoms with Gasteiger partial charge in [-0.3, -0.25) is 9.78 Å². The Morgan fingerprint density at radius 1 is 1.31 bits per heavy atom. The normalized spacial score (nSPS) is 15.5. The van der Waals surface area contributed by atoms with E-state index in [1.54, 1.807) is 12.1 Å². The first-order valence-electron chi connectivity index (χ1n) is 10.1. The largest absolute Gasteiger partial charge is 0.435 e. The summed E-state index contributed by atoms with van der Waals surface area (Å²) in [6.07, 6.45) is 2.57. The molecule has 4 rings (SSSR count). The van der Waals surface area contributed by atoms with Crippen LogP contribution in [0.4, 0.5) is 20.2 Å². The number of amides is 1. The number of ether oxygens (including phenoxy) is 2. The van der Waals surface area contributed by atoms with E-state index in [0.717, 1.165) is 12.0 Å². The average Bonchev–Trinajstić information content (AvgIpc) is 3.32. The number of fused-ring (bicyclic) bond motifs is 1. The van der Waals surface area contributed by atoms with Crippen molar-refractivity contribution in [2.75, 3.05) is 17.2 Å². The Morgan fingerprint density at radius 2 is 2.19 bits per heavy atom. The van der Waals surface area contributed by atoms with Crippen LogP contribution in [0.1, 0.15) is 24.0 Å². The molecule has 1 amide bonds. The molecule has 1 atom stereocenters. The van der Waals surface area contributed by atoms with Gasteiger partial charge in [0.2, 0.25) is 0 Å². The van der Waals surface area contributed by atoms with E-state index in [-0.39, 0.29) is 17.2 Å². The lowest BCUT2D eigenvalue weighted by molar-refractivity contribution is -0.124. The van der Waals surface area contributed by atoms with Crippen LogP contribution in [-0.2, 0) is 16.1 Å². The number of nitrogens with zero attached hydrogens (tertiary/aromatic N) is 2. The highest BCUT2D eigenvalue weighted by Gasteiger charge is 2.23. The zero-order valence-corrected chi connectivity index (χ0v) is 17.0. The number of hydrogen-bond acceptors (Lipinski definition) is 6. The van der Waals surface area contributed by atoms with Crippen molar-refractivity contribution in [2.45, 2.75) is 32.1 Å². The van der Waals surface area contributed by atoms with Crippen molar-refractivity contribution in [1.82, 2.24) is 4.98 Å². The second-order valence-electron chi connectivity index (χ2n) is 7.26. The van der Waals surface area contributed by atoms with Crippen molar-refractivity contribution in [3.63, 3.8) is 0 Å². The lowest BCUT2D eigenvalue weighted by Gasteiger charge is -2.14. The Hall–Kier alpha value is -3.77. The maximum Gasteiger partial charge on any atom is 0.387 e. The molecule has 2 heterocycles. The number of alkyl halides is 2. The smallest absolute Gasteiger partial charge is 0.387 e. The molecule has 1 saturated heterocycles. The van der Waals surface area contributed by atoms with Crippen LogP contribution >= 0.6 is 0 Å². The molecule has 0 radical (unpaired) electrons. The Bertz CT molecular complexity index is 1170. The molecule has 0 spiro atoms. The number of anilines is 2. The summed E-state index contributed by atoms with van der Waals surface area (Å²) in [6.45, 7) is -2.03. The van der Waals surface area contributed by atoms with Crippen LogP contribution in [0.2, 0.25) is 0 Å². The van der Waals surface area contributed by atoms with E-state index in [1.165, 1.54) is 18.3 Å². The standard InChI is InChI=1S/C23H20F2N4O3/c24-23(25)32-17-6-7-19-18(10-17)21(15(11-26)13-27-19)28-12-14-3-1-4-16(9-14)29-22(30)20-5-2-8-31-20/h1,3-4,6-7,9-10,13,20,23H,2,5,8,12H2,(H,27,28)(H,29,30). The Labute approximate surface area is 183 Å². The van der Waals surface area contributed by atoms with Gasteiger partial charge in [0.05, 0.1) is 16.8 Å². The Morgan fingerprint density at radius 3 is 2.94 bits per heavy atom. The average molecular weight is 438 g/mol. The maximum absolute atomic E-state index is 12.6. The van der Waals surface area contributed by atoms with Gasteiger partial charge in [-0.25, -0.2) is 0 Å². The minimum Gasteiger partial charge on any atom is -0.435 e. The van der Waals surface area contributed by atoms with Crippen LogP contribution in [0.15, 0.2) is 48.7 Å². The van der Waals surface area contributed by atoms with E-state index in [0.29, 0.717) is 41.9 Å². The second kappa shape index (κ2) is 9.58. The van der Waals surface area contributed by atoms with Crippen LogP contribution in [0, 0.1) is 11.3 Å². The zero-order chi connectivity index (χ0) is 22.5. The third-order valence-corrected chi connectivity index (χ3v) is 5.07. The SMILES string of the molecule is N#Cc1cnc2ccc(OC(F)F)cc2c1NCc1cccc(NC(=O)C2CCCO2)c1. The fraction of sp³-hybridized carbons (Fsp3) is 0.261. The van der Waals surface area contributed by atoms with Crippen LogP contribution in [0.5, 0.6) is 5.75 Å². The van der Waals surface area contributed by atoms with Gasteiger partial charge in [-0.15, -0.1) is 0 Å². The number of pyridine rings is 1. The van der Waals surface area contributed by atoms with Crippen molar-refractivity contribution < 1.29 is 23.0 Å². The van der Waals surface area contributed by atoms with Crippen molar-refractivity contribution in [1.29, 1.82) is 5.26 Å². The van der Waals surface area contributed by atoms with E-state index in [2.05, 4.69) is 26.4 Å². The maximum atomic E-state index is 12.6. The fourth-order valence-corrected chi connectivity index (χ4v) is 3.58. The summed E-state index contributed by atoms with van der Waals surface area (Å²) >= 11 is 0. The number of aromatic nitrogens is 1. The first-order valence-corrected chi connectivity index (χ1v) is 10.1. The van der Waals surface area contributed by atoms with Crippen molar-refractivity contribution in [3.8, 4) is 11.8 Å². The van der Waals surface area contributed by atoms with E-state index in [9.17, 15) is 18.8 Å². The topological polar surface area (TPSA) is 96.3 Å². The van der Waals surface area contributed by atoms with Crippen LogP contribution in [0.3, 0.4) is 0 Å². The number of benzene rings is 2. The van der Waals surface area contributed by atoms with Crippen LogP contribution < -0.4 is 15.4 Å². The lowest BCUT2D eigenvalue weighted by Crippen LogP contribution is -2.26. The van der Waals surface area contributed by atoms with Gasteiger partial charge in [0.1, 0.15) is 17.9 Å². The van der Waals surface area contributed by atoms with Crippen LogP contribution in [0.25, 0.3) is 10.9 Å². The molecule has 32 heavy (non-hydrogen) atoms. The molecule has 2 N–H and O–H groups in total. The van der Waals surface area contributed by atoms with E-state index < -0.39 is 12.7 Å². The summed E-state index contributed by atoms with van der Waals surface area (Å²) in [5.41, 5.74) is 2.76. The molecule has 1 unspecified atom stereocenters. The molecule has 9 heteroatoms. The van der Waals surface area contributed by atoms with Crippen LogP contribution in [-0.4, -0.2) is 30.2 Å². The lowest BCUT2D eigenvalue weighted by atomic mass is 10.1. The molecule has 164 valence electrons.